The number of aromatic nitrogens is 1. The summed E-state index contributed by atoms with van der Waals surface area (Å²) in [5, 5.41) is 1.58. The van der Waals surface area contributed by atoms with E-state index in [4.69, 9.17) is 11.6 Å². The normalized spacial score (nSPS) is 14.0. The minimum Gasteiger partial charge on any atom is -0.305 e. The lowest BCUT2D eigenvalue weighted by molar-refractivity contribution is -0.156. The lowest BCUT2D eigenvalue weighted by atomic mass is 10.1. The summed E-state index contributed by atoms with van der Waals surface area (Å²) in [6, 6.07) is -1.24. The highest BCUT2D eigenvalue weighted by atomic mass is 35.5. The summed E-state index contributed by atoms with van der Waals surface area (Å²) in [7, 11) is 1.13. The van der Waals surface area contributed by atoms with Gasteiger partial charge in [0.2, 0.25) is 0 Å². The van der Waals surface area contributed by atoms with E-state index in [9.17, 15) is 17.6 Å². The Morgan fingerprint density at radius 1 is 1.47 bits per heavy atom. The molecule has 1 atom stereocenters. The zero-order valence-electron chi connectivity index (χ0n) is 7.57. The molecule has 1 aromatic rings. The van der Waals surface area contributed by atoms with Crippen molar-refractivity contribution in [1.82, 2.24) is 10.3 Å². The predicted octanol–water partition coefficient (Wildman–Crippen LogP) is 2.70. The standard InChI is InChI=1S/C8H7ClF4N2/c1-14-6(8(11,12)13)4-2-5(10)7(9)15-3-4/h2-3,6,14H,1H3/t6-/m0/s1. The van der Waals surface area contributed by atoms with Crippen molar-refractivity contribution in [3.05, 3.63) is 28.8 Å². The molecule has 0 aliphatic rings. The quantitative estimate of drug-likeness (QED) is 0.637. The van der Waals surface area contributed by atoms with Gasteiger partial charge in [-0.1, -0.05) is 11.6 Å². The van der Waals surface area contributed by atoms with Crippen LogP contribution in [-0.4, -0.2) is 18.2 Å². The van der Waals surface area contributed by atoms with Gasteiger partial charge in [-0.05, 0) is 18.7 Å². The zero-order chi connectivity index (χ0) is 11.6. The average molecular weight is 243 g/mol. The molecule has 0 bridgehead atoms. The number of nitrogens with one attached hydrogen (secondary N) is 1. The monoisotopic (exact) mass is 242 g/mol. The van der Waals surface area contributed by atoms with Gasteiger partial charge >= 0.3 is 6.18 Å². The molecule has 1 heterocycles. The second-order valence-electron chi connectivity index (χ2n) is 2.80. The number of hydrogen-bond donors (Lipinski definition) is 1. The lowest BCUT2D eigenvalue weighted by Gasteiger charge is -2.19. The highest BCUT2D eigenvalue weighted by Crippen LogP contribution is 2.32. The Morgan fingerprint density at radius 3 is 2.47 bits per heavy atom. The summed E-state index contributed by atoms with van der Waals surface area (Å²) in [6.45, 7) is 0. The van der Waals surface area contributed by atoms with Crippen LogP contribution < -0.4 is 5.32 Å². The van der Waals surface area contributed by atoms with Crippen molar-refractivity contribution in [1.29, 1.82) is 0 Å². The van der Waals surface area contributed by atoms with Crippen LogP contribution in [0.2, 0.25) is 5.15 Å². The van der Waals surface area contributed by atoms with Crippen LogP contribution in [0.5, 0.6) is 0 Å². The number of rotatable bonds is 2. The van der Waals surface area contributed by atoms with Gasteiger partial charge in [-0.3, -0.25) is 0 Å². The molecule has 15 heavy (non-hydrogen) atoms. The first kappa shape index (κ1) is 12.2. The zero-order valence-corrected chi connectivity index (χ0v) is 8.33. The maximum atomic E-state index is 12.9. The van der Waals surface area contributed by atoms with Crippen molar-refractivity contribution in [2.45, 2.75) is 12.2 Å². The minimum atomic E-state index is -4.50. The molecule has 0 saturated carbocycles. The van der Waals surface area contributed by atoms with Crippen LogP contribution in [0.4, 0.5) is 17.6 Å². The highest BCUT2D eigenvalue weighted by Gasteiger charge is 2.40. The van der Waals surface area contributed by atoms with Crippen molar-refractivity contribution in [3.63, 3.8) is 0 Å². The summed E-state index contributed by atoms with van der Waals surface area (Å²) in [5.41, 5.74) is -0.313. The third-order valence-electron chi connectivity index (χ3n) is 1.77. The summed E-state index contributed by atoms with van der Waals surface area (Å²) >= 11 is 5.26. The van der Waals surface area contributed by atoms with Crippen LogP contribution in [0, 0.1) is 5.82 Å². The molecule has 7 heteroatoms. The number of pyridine rings is 1. The molecule has 0 aliphatic heterocycles. The van der Waals surface area contributed by atoms with E-state index in [0.29, 0.717) is 6.07 Å². The van der Waals surface area contributed by atoms with Crippen molar-refractivity contribution in [2.75, 3.05) is 7.05 Å². The predicted molar refractivity (Wildman–Crippen MR) is 47.1 cm³/mol. The number of nitrogens with zero attached hydrogens (tertiary/aromatic N) is 1. The molecule has 0 amide bonds. The molecule has 0 fully saturated rings. The van der Waals surface area contributed by atoms with Crippen LogP contribution in [0.15, 0.2) is 12.3 Å². The van der Waals surface area contributed by atoms with Crippen LogP contribution in [0.25, 0.3) is 0 Å². The van der Waals surface area contributed by atoms with E-state index in [-0.39, 0.29) is 5.56 Å². The van der Waals surface area contributed by atoms with Gasteiger partial charge in [0.15, 0.2) is 11.0 Å². The van der Waals surface area contributed by atoms with Gasteiger partial charge in [0.1, 0.15) is 6.04 Å². The molecule has 0 aliphatic carbocycles. The first-order chi connectivity index (χ1) is 6.86. The molecule has 84 valence electrons. The van der Waals surface area contributed by atoms with Gasteiger partial charge in [0.25, 0.3) is 0 Å². The van der Waals surface area contributed by atoms with Crippen LogP contribution in [-0.2, 0) is 0 Å². The van der Waals surface area contributed by atoms with E-state index in [0.717, 1.165) is 13.2 Å². The van der Waals surface area contributed by atoms with Crippen molar-refractivity contribution < 1.29 is 17.6 Å². The fraction of sp³-hybridized carbons (Fsp3) is 0.375. The number of hydrogen-bond acceptors (Lipinski definition) is 2. The van der Waals surface area contributed by atoms with Gasteiger partial charge in [-0.15, -0.1) is 0 Å². The van der Waals surface area contributed by atoms with Crippen LogP contribution in [0.3, 0.4) is 0 Å². The summed E-state index contributed by atoms with van der Waals surface area (Å²) in [5.74, 6) is -0.973. The van der Waals surface area contributed by atoms with Crippen LogP contribution >= 0.6 is 11.6 Å². The van der Waals surface area contributed by atoms with Gasteiger partial charge in [-0.2, -0.15) is 13.2 Å². The van der Waals surface area contributed by atoms with E-state index in [1.165, 1.54) is 0 Å². The highest BCUT2D eigenvalue weighted by molar-refractivity contribution is 6.29. The van der Waals surface area contributed by atoms with E-state index >= 15 is 0 Å². The molecular weight excluding hydrogens is 236 g/mol. The molecule has 1 rings (SSSR count). The Kier molecular flexibility index (Phi) is 3.51. The topological polar surface area (TPSA) is 24.9 Å². The Bertz CT molecular complexity index is 353. The van der Waals surface area contributed by atoms with E-state index in [2.05, 4.69) is 4.98 Å². The van der Waals surface area contributed by atoms with Crippen molar-refractivity contribution in [2.24, 2.45) is 0 Å². The maximum absolute atomic E-state index is 12.9. The third-order valence-corrected chi connectivity index (χ3v) is 2.04. The number of alkyl halides is 3. The van der Waals surface area contributed by atoms with Crippen LogP contribution in [0.1, 0.15) is 11.6 Å². The molecule has 0 aromatic carbocycles. The molecule has 2 nitrogen and oxygen atoms in total. The third kappa shape index (κ3) is 2.79. The Morgan fingerprint density at radius 2 is 2.07 bits per heavy atom. The van der Waals surface area contributed by atoms with Gasteiger partial charge < -0.3 is 5.32 Å². The van der Waals surface area contributed by atoms with Gasteiger partial charge in [-0.25, -0.2) is 9.37 Å². The van der Waals surface area contributed by atoms with Gasteiger partial charge in [0, 0.05) is 6.20 Å². The molecule has 1 N–H and O–H groups in total. The van der Waals surface area contributed by atoms with Crippen molar-refractivity contribution >= 4 is 11.6 Å². The molecular formula is C8H7ClF4N2. The summed E-state index contributed by atoms with van der Waals surface area (Å²) in [4.78, 5) is 3.31. The fourth-order valence-electron chi connectivity index (χ4n) is 1.11. The SMILES string of the molecule is CN[C@@H](c1cnc(Cl)c(F)c1)C(F)(F)F. The first-order valence-electron chi connectivity index (χ1n) is 3.91. The van der Waals surface area contributed by atoms with E-state index in [1.807, 2.05) is 5.32 Å². The minimum absolute atomic E-state index is 0.313. The Labute approximate surface area is 88.3 Å². The molecule has 0 radical (unpaired) electrons. The summed E-state index contributed by atoms with van der Waals surface area (Å²) < 4.78 is 50.1. The van der Waals surface area contributed by atoms with Crippen molar-refractivity contribution in [3.8, 4) is 0 Å². The largest absolute Gasteiger partial charge is 0.407 e. The van der Waals surface area contributed by atoms with E-state index < -0.39 is 23.2 Å². The average Bonchev–Trinajstić information content (AvgIpc) is 2.10. The second-order valence-corrected chi connectivity index (χ2v) is 3.16. The fourth-order valence-corrected chi connectivity index (χ4v) is 1.22. The summed E-state index contributed by atoms with van der Waals surface area (Å²) in [6.07, 6.45) is -3.61. The van der Waals surface area contributed by atoms with Gasteiger partial charge in [0.05, 0.1) is 0 Å². The smallest absolute Gasteiger partial charge is 0.305 e. The Balaban J connectivity index is 3.08. The number of halogens is 5. The van der Waals surface area contributed by atoms with E-state index in [1.54, 1.807) is 0 Å². The first-order valence-corrected chi connectivity index (χ1v) is 4.29. The lowest BCUT2D eigenvalue weighted by Crippen LogP contribution is -2.31. The maximum Gasteiger partial charge on any atom is 0.407 e. The molecule has 0 spiro atoms. The Hall–Kier alpha value is -0.880. The molecule has 0 unspecified atom stereocenters. The second kappa shape index (κ2) is 4.32. The molecule has 0 saturated heterocycles. The molecule has 1 aromatic heterocycles.